The van der Waals surface area contributed by atoms with Crippen LogP contribution in [0.15, 0.2) is 34.9 Å². The predicted octanol–water partition coefficient (Wildman–Crippen LogP) is 1.98. The van der Waals surface area contributed by atoms with Gasteiger partial charge in [0.2, 0.25) is 0 Å². The molecule has 3 aromatic rings. The minimum Gasteiger partial charge on any atom is -0.371 e. The van der Waals surface area contributed by atoms with E-state index in [0.29, 0.717) is 28.5 Å². The van der Waals surface area contributed by atoms with Gasteiger partial charge in [0, 0.05) is 51.2 Å². The maximum atomic E-state index is 9.85. The van der Waals surface area contributed by atoms with Gasteiger partial charge in [-0.2, -0.15) is 20.3 Å². The number of nitriles is 2. The number of anilines is 2. The van der Waals surface area contributed by atoms with Gasteiger partial charge in [0.25, 0.3) is 5.95 Å². The molecule has 12 heteroatoms. The van der Waals surface area contributed by atoms with Gasteiger partial charge in [0.15, 0.2) is 11.6 Å². The third-order valence-corrected chi connectivity index (χ3v) is 5.01. The highest BCUT2D eigenvalue weighted by Gasteiger charge is 2.22. The number of piperazine rings is 1. The van der Waals surface area contributed by atoms with E-state index in [4.69, 9.17) is 0 Å². The van der Waals surface area contributed by atoms with Crippen molar-refractivity contribution in [3.63, 3.8) is 0 Å². The molecule has 4 rings (SSSR count). The molecular weight excluding hydrogens is 408 g/mol. The highest BCUT2D eigenvalue weighted by molar-refractivity contribution is 5.74. The molecule has 0 aliphatic carbocycles. The van der Waals surface area contributed by atoms with Gasteiger partial charge in [-0.15, -0.1) is 10.2 Å². The first-order valence-electron chi connectivity index (χ1n) is 9.93. The highest BCUT2D eigenvalue weighted by Crippen LogP contribution is 2.36. The smallest absolute Gasteiger partial charge is 0.252 e. The molecule has 1 aliphatic heterocycles. The lowest BCUT2D eigenvalue weighted by Gasteiger charge is -2.30. The molecule has 0 bridgehead atoms. The Balaban J connectivity index is 1.80. The van der Waals surface area contributed by atoms with Gasteiger partial charge in [-0.1, -0.05) is 0 Å². The minimum absolute atomic E-state index is 0.185. The Labute approximate surface area is 184 Å². The fourth-order valence-electron chi connectivity index (χ4n) is 3.38. The summed E-state index contributed by atoms with van der Waals surface area (Å²) in [5.74, 6) is 1.55. The monoisotopic (exact) mass is 428 g/mol. The van der Waals surface area contributed by atoms with E-state index >= 15 is 0 Å². The molecule has 4 heterocycles. The average molecular weight is 428 g/mol. The Bertz CT molecular complexity index is 1230. The van der Waals surface area contributed by atoms with Gasteiger partial charge in [-0.3, -0.25) is 0 Å². The summed E-state index contributed by atoms with van der Waals surface area (Å²) in [4.78, 5) is 15.1. The molecule has 0 atom stereocenters. The quantitative estimate of drug-likeness (QED) is 0.580. The lowest BCUT2D eigenvalue weighted by Crippen LogP contribution is -2.44. The topological polar surface area (TPSA) is 156 Å². The Morgan fingerprint density at radius 3 is 2.53 bits per heavy atom. The zero-order valence-corrected chi connectivity index (χ0v) is 17.6. The van der Waals surface area contributed by atoms with E-state index in [9.17, 15) is 10.5 Å². The number of rotatable bonds is 5. The maximum absolute atomic E-state index is 9.85. The summed E-state index contributed by atoms with van der Waals surface area (Å²) in [7, 11) is 1.73. The van der Waals surface area contributed by atoms with Crippen LogP contribution in [0.1, 0.15) is 16.7 Å². The number of azo groups is 1. The molecule has 3 aromatic heterocycles. The van der Waals surface area contributed by atoms with Crippen molar-refractivity contribution in [2.45, 2.75) is 6.92 Å². The summed E-state index contributed by atoms with van der Waals surface area (Å²) < 4.78 is 1.34. The van der Waals surface area contributed by atoms with Crippen LogP contribution in [-0.2, 0) is 0 Å². The zero-order chi connectivity index (χ0) is 22.5. The van der Waals surface area contributed by atoms with Crippen LogP contribution in [0.3, 0.4) is 0 Å². The van der Waals surface area contributed by atoms with Crippen molar-refractivity contribution >= 4 is 23.1 Å². The van der Waals surface area contributed by atoms with Crippen LogP contribution >= 0.6 is 0 Å². The van der Waals surface area contributed by atoms with Crippen LogP contribution in [0.2, 0.25) is 0 Å². The largest absolute Gasteiger partial charge is 0.371 e. The first-order chi connectivity index (χ1) is 15.7. The van der Waals surface area contributed by atoms with E-state index < -0.39 is 0 Å². The molecular formula is C20H20N12. The number of pyridine rings is 1. The lowest BCUT2D eigenvalue weighted by molar-refractivity contribution is 0.584. The first kappa shape index (κ1) is 20.8. The fourth-order valence-corrected chi connectivity index (χ4v) is 3.38. The van der Waals surface area contributed by atoms with E-state index in [-0.39, 0.29) is 17.3 Å². The van der Waals surface area contributed by atoms with E-state index in [2.05, 4.69) is 58.0 Å². The van der Waals surface area contributed by atoms with Crippen molar-refractivity contribution in [2.75, 3.05) is 43.4 Å². The van der Waals surface area contributed by atoms with Crippen molar-refractivity contribution < 1.29 is 0 Å². The molecule has 1 aliphatic rings. The molecule has 0 saturated carbocycles. The average Bonchev–Trinajstić information content (AvgIpc) is 3.26. The highest BCUT2D eigenvalue weighted by atomic mass is 15.4. The van der Waals surface area contributed by atoms with Crippen LogP contribution in [0, 0.1) is 29.6 Å². The van der Waals surface area contributed by atoms with Crippen LogP contribution in [0.4, 0.5) is 23.1 Å². The summed E-state index contributed by atoms with van der Waals surface area (Å²) in [6.45, 7) is 4.97. The number of nitrogens with one attached hydrogen (secondary N) is 2. The third-order valence-electron chi connectivity index (χ3n) is 5.01. The standard InChI is InChI=1S/C20H20N12/c1-13-15(11-22)19(31-8-6-24-7-9-31)28-17(23-2)16(13)29-30-18-14(10-21)12-27-32(18)20-25-4-3-5-26-20/h3-5,12,24H,6-9H2,1-2H3,(H,23,28)/b30-29+. The molecule has 2 N–H and O–H groups in total. The molecule has 1 saturated heterocycles. The summed E-state index contributed by atoms with van der Waals surface area (Å²) in [5.41, 5.74) is 1.72. The lowest BCUT2D eigenvalue weighted by atomic mass is 10.1. The second-order valence-electron chi connectivity index (χ2n) is 6.89. The number of nitrogens with zero attached hydrogens (tertiary/aromatic N) is 10. The molecule has 0 radical (unpaired) electrons. The van der Waals surface area contributed by atoms with Gasteiger partial charge in [0.1, 0.15) is 29.2 Å². The van der Waals surface area contributed by atoms with Crippen molar-refractivity contribution in [3.05, 3.63) is 41.3 Å². The second kappa shape index (κ2) is 9.16. The van der Waals surface area contributed by atoms with Crippen molar-refractivity contribution in [3.8, 4) is 18.1 Å². The Morgan fingerprint density at radius 2 is 1.88 bits per heavy atom. The van der Waals surface area contributed by atoms with Gasteiger partial charge < -0.3 is 15.5 Å². The van der Waals surface area contributed by atoms with Gasteiger partial charge >= 0.3 is 0 Å². The fraction of sp³-hybridized carbons (Fsp3) is 0.300. The summed E-state index contributed by atoms with van der Waals surface area (Å²) >= 11 is 0. The molecule has 0 unspecified atom stereocenters. The Morgan fingerprint density at radius 1 is 1.12 bits per heavy atom. The molecule has 160 valence electrons. The Hall–Kier alpha value is -4.42. The van der Waals surface area contributed by atoms with E-state index in [1.165, 1.54) is 10.9 Å². The summed E-state index contributed by atoms with van der Waals surface area (Å²) in [6, 6.07) is 5.99. The maximum Gasteiger partial charge on any atom is 0.252 e. The zero-order valence-electron chi connectivity index (χ0n) is 17.6. The van der Waals surface area contributed by atoms with E-state index in [0.717, 1.165) is 26.2 Å². The molecule has 0 spiro atoms. The van der Waals surface area contributed by atoms with Gasteiger partial charge in [-0.05, 0) is 13.0 Å². The Kier molecular flexibility index (Phi) is 5.96. The third kappa shape index (κ3) is 3.82. The summed E-state index contributed by atoms with van der Waals surface area (Å²) in [6.07, 6.45) is 4.51. The van der Waals surface area contributed by atoms with Gasteiger partial charge in [0.05, 0.1) is 11.8 Å². The van der Waals surface area contributed by atoms with Crippen LogP contribution in [0.5, 0.6) is 0 Å². The molecule has 12 nitrogen and oxygen atoms in total. The number of hydrogen-bond acceptors (Lipinski definition) is 11. The van der Waals surface area contributed by atoms with E-state index in [1.54, 1.807) is 25.5 Å². The molecule has 0 amide bonds. The van der Waals surface area contributed by atoms with Crippen molar-refractivity contribution in [1.29, 1.82) is 10.5 Å². The minimum atomic E-state index is 0.185. The van der Waals surface area contributed by atoms with Gasteiger partial charge in [-0.25, -0.2) is 15.0 Å². The van der Waals surface area contributed by atoms with Crippen LogP contribution < -0.4 is 15.5 Å². The normalized spacial score (nSPS) is 13.7. The second-order valence-corrected chi connectivity index (χ2v) is 6.89. The van der Waals surface area contributed by atoms with Crippen LogP contribution in [0.25, 0.3) is 5.95 Å². The summed E-state index contributed by atoms with van der Waals surface area (Å²) in [5, 5.41) is 38.5. The SMILES string of the molecule is CNc1nc(N2CCNCC2)c(C#N)c(C)c1/N=N/c1c(C#N)cnn1-c1ncccn1. The molecule has 0 aromatic carbocycles. The molecule has 1 fully saturated rings. The van der Waals surface area contributed by atoms with E-state index in [1.807, 2.05) is 6.92 Å². The number of aromatic nitrogens is 5. The first-order valence-corrected chi connectivity index (χ1v) is 9.93. The van der Waals surface area contributed by atoms with Crippen molar-refractivity contribution in [1.82, 2.24) is 30.0 Å². The number of hydrogen-bond donors (Lipinski definition) is 2. The molecule has 32 heavy (non-hydrogen) atoms. The van der Waals surface area contributed by atoms with Crippen LogP contribution in [-0.4, -0.2) is 58.0 Å². The van der Waals surface area contributed by atoms with Crippen molar-refractivity contribution in [2.24, 2.45) is 10.2 Å². The predicted molar refractivity (Wildman–Crippen MR) is 116 cm³/mol.